The second-order valence-electron chi connectivity index (χ2n) is 6.20. The minimum absolute atomic E-state index is 0.0249. The standard InChI is InChI=1S/C16H25N3O/c1-12(2)10-19-15(17)18-11-16(19,3)9-13-5-7-14(20-4)8-6-13/h5-8,12H,9-11H2,1-4H3,(H2,17,18). The van der Waals surface area contributed by atoms with Crippen LogP contribution in [-0.4, -0.2) is 36.6 Å². The Morgan fingerprint density at radius 2 is 2.00 bits per heavy atom. The van der Waals surface area contributed by atoms with Gasteiger partial charge < -0.3 is 15.4 Å². The Bertz CT molecular complexity index is 481. The van der Waals surface area contributed by atoms with Gasteiger partial charge in [0.25, 0.3) is 0 Å². The molecule has 4 heteroatoms. The molecule has 110 valence electrons. The molecule has 1 atom stereocenters. The number of nitrogens with zero attached hydrogens (tertiary/aromatic N) is 2. The smallest absolute Gasteiger partial charge is 0.191 e. The van der Waals surface area contributed by atoms with Gasteiger partial charge in [0.1, 0.15) is 5.75 Å². The average Bonchev–Trinajstić information content (AvgIpc) is 2.68. The summed E-state index contributed by atoms with van der Waals surface area (Å²) >= 11 is 0. The molecule has 0 saturated carbocycles. The molecule has 0 fully saturated rings. The first-order chi connectivity index (χ1) is 9.44. The summed E-state index contributed by atoms with van der Waals surface area (Å²) in [4.78, 5) is 6.70. The monoisotopic (exact) mass is 275 g/mol. The van der Waals surface area contributed by atoms with Crippen molar-refractivity contribution < 1.29 is 4.74 Å². The molecule has 1 heterocycles. The van der Waals surface area contributed by atoms with E-state index >= 15 is 0 Å². The van der Waals surface area contributed by atoms with E-state index in [-0.39, 0.29) is 5.54 Å². The molecule has 0 radical (unpaired) electrons. The molecular weight excluding hydrogens is 250 g/mol. The number of methoxy groups -OCH3 is 1. The molecule has 4 nitrogen and oxygen atoms in total. The number of hydrogen-bond donors (Lipinski definition) is 1. The summed E-state index contributed by atoms with van der Waals surface area (Å²) in [6.45, 7) is 8.36. The van der Waals surface area contributed by atoms with Crippen LogP contribution in [0.5, 0.6) is 5.75 Å². The first-order valence-corrected chi connectivity index (χ1v) is 7.15. The quantitative estimate of drug-likeness (QED) is 0.897. The molecule has 0 aromatic heterocycles. The number of guanidine groups is 1. The lowest BCUT2D eigenvalue weighted by Crippen LogP contribution is -2.52. The van der Waals surface area contributed by atoms with Crippen LogP contribution in [0.3, 0.4) is 0 Å². The Morgan fingerprint density at radius 1 is 1.35 bits per heavy atom. The lowest BCUT2D eigenvalue weighted by molar-refractivity contribution is 0.201. The molecule has 20 heavy (non-hydrogen) atoms. The molecule has 1 aliphatic heterocycles. The van der Waals surface area contributed by atoms with E-state index in [9.17, 15) is 0 Å². The van der Waals surface area contributed by atoms with Crippen molar-refractivity contribution in [3.05, 3.63) is 29.8 Å². The molecule has 0 spiro atoms. The summed E-state index contributed by atoms with van der Waals surface area (Å²) < 4.78 is 5.20. The van der Waals surface area contributed by atoms with Gasteiger partial charge in [-0.2, -0.15) is 0 Å². The first kappa shape index (κ1) is 14.7. The van der Waals surface area contributed by atoms with Crippen molar-refractivity contribution in [2.75, 3.05) is 20.2 Å². The zero-order chi connectivity index (χ0) is 14.8. The fourth-order valence-electron chi connectivity index (χ4n) is 2.71. The maximum Gasteiger partial charge on any atom is 0.191 e. The van der Waals surface area contributed by atoms with Crippen molar-refractivity contribution in [2.24, 2.45) is 16.6 Å². The normalized spacial score (nSPS) is 22.2. The number of ether oxygens (including phenoxy) is 1. The predicted octanol–water partition coefficient (Wildman–Crippen LogP) is 2.28. The number of aliphatic imine (C=N–C) groups is 1. The number of benzene rings is 1. The van der Waals surface area contributed by atoms with E-state index in [0.717, 1.165) is 25.3 Å². The van der Waals surface area contributed by atoms with Gasteiger partial charge in [-0.1, -0.05) is 26.0 Å². The summed E-state index contributed by atoms with van der Waals surface area (Å²) in [5.41, 5.74) is 7.32. The van der Waals surface area contributed by atoms with Crippen LogP contribution in [0.2, 0.25) is 0 Å². The highest BCUT2D eigenvalue weighted by Gasteiger charge is 2.38. The molecule has 2 rings (SSSR count). The van der Waals surface area contributed by atoms with Gasteiger partial charge in [-0.05, 0) is 37.0 Å². The number of rotatable bonds is 5. The highest BCUT2D eigenvalue weighted by molar-refractivity contribution is 5.81. The predicted molar refractivity (Wildman–Crippen MR) is 83.1 cm³/mol. The van der Waals surface area contributed by atoms with Crippen molar-refractivity contribution in [2.45, 2.75) is 32.7 Å². The molecule has 1 aromatic rings. The van der Waals surface area contributed by atoms with E-state index in [1.165, 1.54) is 5.56 Å². The van der Waals surface area contributed by atoms with E-state index in [4.69, 9.17) is 10.5 Å². The van der Waals surface area contributed by atoms with Crippen molar-refractivity contribution in [3.63, 3.8) is 0 Å². The third-order valence-corrected chi connectivity index (χ3v) is 3.80. The van der Waals surface area contributed by atoms with Crippen molar-refractivity contribution in [1.82, 2.24) is 4.90 Å². The van der Waals surface area contributed by atoms with Gasteiger partial charge in [-0.15, -0.1) is 0 Å². The highest BCUT2D eigenvalue weighted by Crippen LogP contribution is 2.27. The van der Waals surface area contributed by atoms with Crippen LogP contribution in [0.15, 0.2) is 29.3 Å². The molecule has 0 aliphatic carbocycles. The van der Waals surface area contributed by atoms with Gasteiger partial charge in [0.15, 0.2) is 5.96 Å². The second-order valence-corrected chi connectivity index (χ2v) is 6.20. The van der Waals surface area contributed by atoms with Crippen LogP contribution in [0.1, 0.15) is 26.3 Å². The average molecular weight is 275 g/mol. The third-order valence-electron chi connectivity index (χ3n) is 3.80. The zero-order valence-electron chi connectivity index (χ0n) is 12.9. The van der Waals surface area contributed by atoms with E-state index < -0.39 is 0 Å². The lowest BCUT2D eigenvalue weighted by atomic mass is 9.91. The summed E-state index contributed by atoms with van der Waals surface area (Å²) in [5, 5.41) is 0. The molecular formula is C16H25N3O. The SMILES string of the molecule is COc1ccc(CC2(C)CN=C(N)N2CC(C)C)cc1. The lowest BCUT2D eigenvalue weighted by Gasteiger charge is -2.37. The van der Waals surface area contributed by atoms with E-state index in [1.54, 1.807) is 7.11 Å². The molecule has 0 bridgehead atoms. The van der Waals surface area contributed by atoms with Crippen molar-refractivity contribution in [1.29, 1.82) is 0 Å². The first-order valence-electron chi connectivity index (χ1n) is 7.15. The van der Waals surface area contributed by atoms with Crippen LogP contribution >= 0.6 is 0 Å². The second kappa shape index (κ2) is 5.73. The van der Waals surface area contributed by atoms with Gasteiger partial charge >= 0.3 is 0 Å². The van der Waals surface area contributed by atoms with E-state index in [0.29, 0.717) is 11.9 Å². The maximum absolute atomic E-state index is 6.06. The Morgan fingerprint density at radius 3 is 2.55 bits per heavy atom. The Labute approximate surface area is 121 Å². The van der Waals surface area contributed by atoms with Crippen LogP contribution in [0.4, 0.5) is 0 Å². The van der Waals surface area contributed by atoms with Gasteiger partial charge in [0.2, 0.25) is 0 Å². The zero-order valence-corrected chi connectivity index (χ0v) is 12.9. The van der Waals surface area contributed by atoms with E-state index in [2.05, 4.69) is 42.8 Å². The van der Waals surface area contributed by atoms with Gasteiger partial charge in [-0.25, -0.2) is 0 Å². The highest BCUT2D eigenvalue weighted by atomic mass is 16.5. The summed E-state index contributed by atoms with van der Waals surface area (Å²) in [7, 11) is 1.69. The minimum atomic E-state index is -0.0249. The molecule has 2 N–H and O–H groups in total. The van der Waals surface area contributed by atoms with Gasteiger partial charge in [0.05, 0.1) is 19.2 Å². The molecule has 1 aromatic carbocycles. The van der Waals surface area contributed by atoms with Crippen molar-refractivity contribution in [3.8, 4) is 5.75 Å². The number of hydrogen-bond acceptors (Lipinski definition) is 4. The van der Waals surface area contributed by atoms with Gasteiger partial charge in [-0.3, -0.25) is 4.99 Å². The number of nitrogens with two attached hydrogens (primary N) is 1. The Hall–Kier alpha value is -1.71. The van der Waals surface area contributed by atoms with Crippen LogP contribution < -0.4 is 10.5 Å². The summed E-state index contributed by atoms with van der Waals surface area (Å²) in [5.74, 6) is 2.13. The van der Waals surface area contributed by atoms with Crippen LogP contribution in [0, 0.1) is 5.92 Å². The molecule has 1 unspecified atom stereocenters. The van der Waals surface area contributed by atoms with Crippen LogP contribution in [-0.2, 0) is 6.42 Å². The minimum Gasteiger partial charge on any atom is -0.497 e. The van der Waals surface area contributed by atoms with Crippen molar-refractivity contribution >= 4 is 5.96 Å². The topological polar surface area (TPSA) is 50.9 Å². The van der Waals surface area contributed by atoms with E-state index in [1.807, 2.05) is 12.1 Å². The summed E-state index contributed by atoms with van der Waals surface area (Å²) in [6.07, 6.45) is 0.938. The Balaban J connectivity index is 2.13. The summed E-state index contributed by atoms with van der Waals surface area (Å²) in [6, 6.07) is 8.24. The fraction of sp³-hybridized carbons (Fsp3) is 0.562. The fourth-order valence-corrected chi connectivity index (χ4v) is 2.71. The molecule has 0 amide bonds. The Kier molecular flexibility index (Phi) is 4.21. The third kappa shape index (κ3) is 3.06. The van der Waals surface area contributed by atoms with Crippen LogP contribution in [0.25, 0.3) is 0 Å². The maximum atomic E-state index is 6.06. The van der Waals surface area contributed by atoms with Gasteiger partial charge in [0, 0.05) is 6.54 Å². The molecule has 1 aliphatic rings. The molecule has 0 saturated heterocycles. The largest absolute Gasteiger partial charge is 0.497 e.